The molecule has 1 aliphatic heterocycles. The fourth-order valence-electron chi connectivity index (χ4n) is 8.12. The van der Waals surface area contributed by atoms with Gasteiger partial charge in [0.1, 0.15) is 18.8 Å². The largest absolute Gasteiger partial charge is 0.493 e. The molecule has 0 aromatic heterocycles. The number of fused-ring (bicyclic) bond motifs is 3. The second-order valence-electron chi connectivity index (χ2n) is 13.8. The zero-order valence-corrected chi connectivity index (χ0v) is 27.2. The number of nitrogens with zero attached hydrogens (tertiary/aromatic N) is 1. The molecule has 2 amide bonds. The van der Waals surface area contributed by atoms with E-state index in [1.54, 1.807) is 23.1 Å². The van der Waals surface area contributed by atoms with E-state index in [0.29, 0.717) is 46.0 Å². The van der Waals surface area contributed by atoms with E-state index in [1.165, 1.54) is 13.5 Å². The molecule has 1 heterocycles. The van der Waals surface area contributed by atoms with Crippen LogP contribution in [-0.2, 0) is 20.9 Å². The number of amides is 2. The van der Waals surface area contributed by atoms with Crippen molar-refractivity contribution in [3.05, 3.63) is 34.9 Å². The first-order valence-electron chi connectivity index (χ1n) is 16.9. The average molecular weight is 629 g/mol. The first-order valence-corrected chi connectivity index (χ1v) is 16.9. The number of aliphatic hydroxyl groups is 3. The molecule has 4 aliphatic rings. The van der Waals surface area contributed by atoms with Crippen molar-refractivity contribution >= 4 is 11.8 Å². The molecule has 45 heavy (non-hydrogen) atoms. The third-order valence-corrected chi connectivity index (χ3v) is 10.5. The first-order chi connectivity index (χ1) is 21.7. The van der Waals surface area contributed by atoms with Crippen LogP contribution in [0.15, 0.2) is 23.8 Å². The molecule has 0 spiro atoms. The highest BCUT2D eigenvalue weighted by Gasteiger charge is 2.52. The Balaban J connectivity index is 1.50. The van der Waals surface area contributed by atoms with Crippen molar-refractivity contribution in [2.45, 2.75) is 115 Å². The minimum absolute atomic E-state index is 0.00257. The lowest BCUT2D eigenvalue weighted by Crippen LogP contribution is -2.59. The van der Waals surface area contributed by atoms with Crippen LogP contribution < -0.4 is 14.8 Å². The molecule has 1 aromatic carbocycles. The topological polar surface area (TPSA) is 138 Å². The van der Waals surface area contributed by atoms with Gasteiger partial charge in [-0.15, -0.1) is 0 Å². The SMILES string of the molecule is COc1cc(CO)cc2c1O[C@@H]1[C@@H](O)[C@H](N(C(=O)CO[C@H]3C[C@@H](C)CC[C@@H]3C(C)C)C3CCCCC3)C=C(C(=O)NCCO)[C@H]21. The number of methoxy groups -OCH3 is 1. The standard InChI is InChI=1S/C35H52N2O8/c1-20(2)24-11-10-21(3)14-28(24)44-19-30(40)37(23-8-6-5-7-9-23)27-17-26(35(42)36-12-13-38)31-25-15-22(18-39)16-29(43-4)33(25)45-34(31)32(27)41/h15-17,20-21,23-24,27-28,31-32,34,38-39,41H,5-14,18-19H2,1-4H3,(H,36,42)/t21-,24+,27+,28-,31-,32-,34-/m0/s1. The summed E-state index contributed by atoms with van der Waals surface area (Å²) in [6.07, 6.45) is 7.59. The van der Waals surface area contributed by atoms with Crippen molar-refractivity contribution in [3.63, 3.8) is 0 Å². The molecule has 0 radical (unpaired) electrons. The molecule has 0 unspecified atom stereocenters. The number of hydrogen-bond donors (Lipinski definition) is 4. The summed E-state index contributed by atoms with van der Waals surface area (Å²) in [6.45, 7) is 6.19. The predicted octanol–water partition coefficient (Wildman–Crippen LogP) is 3.45. The maximum absolute atomic E-state index is 14.3. The van der Waals surface area contributed by atoms with Gasteiger partial charge in [-0.05, 0) is 67.2 Å². The van der Waals surface area contributed by atoms with E-state index in [0.717, 1.165) is 44.9 Å². The molecule has 7 atom stereocenters. The van der Waals surface area contributed by atoms with E-state index in [1.807, 2.05) is 0 Å². The van der Waals surface area contributed by atoms with Gasteiger partial charge in [-0.25, -0.2) is 0 Å². The number of benzene rings is 1. The summed E-state index contributed by atoms with van der Waals surface area (Å²) in [5.41, 5.74) is 1.58. The Kier molecular flexibility index (Phi) is 11.1. The number of carbonyl (C=O) groups is 2. The molecule has 3 aliphatic carbocycles. The van der Waals surface area contributed by atoms with Crippen LogP contribution in [0, 0.1) is 17.8 Å². The maximum atomic E-state index is 14.3. The summed E-state index contributed by atoms with van der Waals surface area (Å²) < 4.78 is 18.4. The molecule has 10 nitrogen and oxygen atoms in total. The molecule has 0 saturated heterocycles. The van der Waals surface area contributed by atoms with Crippen LogP contribution in [0.2, 0.25) is 0 Å². The van der Waals surface area contributed by atoms with Crippen molar-refractivity contribution in [1.29, 1.82) is 0 Å². The average Bonchev–Trinajstić information content (AvgIpc) is 3.43. The summed E-state index contributed by atoms with van der Waals surface area (Å²) in [6, 6.07) is 2.54. The van der Waals surface area contributed by atoms with Crippen molar-refractivity contribution < 1.29 is 39.1 Å². The van der Waals surface area contributed by atoms with Crippen LogP contribution in [0.5, 0.6) is 11.5 Å². The lowest BCUT2D eigenvalue weighted by molar-refractivity contribution is -0.151. The Morgan fingerprint density at radius 2 is 1.87 bits per heavy atom. The third-order valence-electron chi connectivity index (χ3n) is 10.5. The van der Waals surface area contributed by atoms with Crippen molar-refractivity contribution in [1.82, 2.24) is 10.2 Å². The summed E-state index contributed by atoms with van der Waals surface area (Å²) in [5, 5.41) is 34.2. The Hall–Kier alpha value is -2.66. The van der Waals surface area contributed by atoms with E-state index in [-0.39, 0.29) is 44.4 Å². The van der Waals surface area contributed by atoms with Crippen LogP contribution in [0.4, 0.5) is 0 Å². The van der Waals surface area contributed by atoms with Crippen LogP contribution in [0.1, 0.15) is 89.2 Å². The molecule has 4 N–H and O–H groups in total. The first kappa shape index (κ1) is 33.7. The molecule has 0 bridgehead atoms. The molecular weight excluding hydrogens is 576 g/mol. The minimum atomic E-state index is -1.14. The van der Waals surface area contributed by atoms with Gasteiger partial charge in [-0.2, -0.15) is 0 Å². The van der Waals surface area contributed by atoms with Crippen molar-refractivity contribution in [3.8, 4) is 11.5 Å². The van der Waals surface area contributed by atoms with Gasteiger partial charge in [0, 0.05) is 23.7 Å². The quantitative estimate of drug-likeness (QED) is 0.293. The van der Waals surface area contributed by atoms with E-state index < -0.39 is 30.1 Å². The molecule has 250 valence electrons. The van der Waals surface area contributed by atoms with Crippen molar-refractivity contribution in [2.24, 2.45) is 17.8 Å². The third kappa shape index (κ3) is 7.04. The normalized spacial score (nSPS) is 29.8. The van der Waals surface area contributed by atoms with Gasteiger partial charge < -0.3 is 39.7 Å². The Morgan fingerprint density at radius 1 is 1.11 bits per heavy atom. The van der Waals surface area contributed by atoms with Gasteiger partial charge in [0.2, 0.25) is 11.8 Å². The number of rotatable bonds is 11. The van der Waals surface area contributed by atoms with Crippen LogP contribution in [0.3, 0.4) is 0 Å². The van der Waals surface area contributed by atoms with Gasteiger partial charge in [0.15, 0.2) is 11.5 Å². The molecule has 2 saturated carbocycles. The summed E-state index contributed by atoms with van der Waals surface area (Å²) in [5.74, 6) is 0.964. The lowest BCUT2D eigenvalue weighted by Gasteiger charge is -2.45. The molecular formula is C35H52N2O8. The predicted molar refractivity (Wildman–Crippen MR) is 169 cm³/mol. The second-order valence-corrected chi connectivity index (χ2v) is 13.8. The second kappa shape index (κ2) is 14.8. The molecule has 2 fully saturated rings. The fourth-order valence-corrected chi connectivity index (χ4v) is 8.12. The Labute approximate surface area is 267 Å². The lowest BCUT2D eigenvalue weighted by atomic mass is 9.75. The number of aliphatic hydroxyl groups excluding tert-OH is 3. The summed E-state index contributed by atoms with van der Waals surface area (Å²) in [7, 11) is 1.51. The van der Waals surface area contributed by atoms with E-state index in [2.05, 4.69) is 26.1 Å². The van der Waals surface area contributed by atoms with Crippen LogP contribution >= 0.6 is 0 Å². The highest BCUT2D eigenvalue weighted by Crippen LogP contribution is 2.52. The van der Waals surface area contributed by atoms with Gasteiger partial charge in [-0.1, -0.05) is 46.5 Å². The Morgan fingerprint density at radius 3 is 2.53 bits per heavy atom. The number of hydrogen-bond acceptors (Lipinski definition) is 8. The van der Waals surface area contributed by atoms with Crippen LogP contribution in [0.25, 0.3) is 0 Å². The summed E-state index contributed by atoms with van der Waals surface area (Å²) in [4.78, 5) is 29.7. The maximum Gasteiger partial charge on any atom is 0.249 e. The minimum Gasteiger partial charge on any atom is -0.493 e. The smallest absolute Gasteiger partial charge is 0.249 e. The van der Waals surface area contributed by atoms with Gasteiger partial charge in [-0.3, -0.25) is 9.59 Å². The Bertz CT molecular complexity index is 1230. The number of nitrogens with one attached hydrogen (secondary N) is 1. The highest BCUT2D eigenvalue weighted by molar-refractivity contribution is 5.96. The zero-order valence-electron chi connectivity index (χ0n) is 27.2. The van der Waals surface area contributed by atoms with Gasteiger partial charge >= 0.3 is 0 Å². The van der Waals surface area contributed by atoms with E-state index in [9.17, 15) is 24.9 Å². The zero-order chi connectivity index (χ0) is 32.2. The molecule has 10 heteroatoms. The van der Waals surface area contributed by atoms with Crippen molar-refractivity contribution in [2.75, 3.05) is 26.9 Å². The van der Waals surface area contributed by atoms with Gasteiger partial charge in [0.25, 0.3) is 0 Å². The fraction of sp³-hybridized carbons (Fsp3) is 0.714. The molecule has 1 aromatic rings. The number of ether oxygens (including phenoxy) is 3. The number of carbonyl (C=O) groups excluding carboxylic acids is 2. The monoisotopic (exact) mass is 628 g/mol. The highest BCUT2D eigenvalue weighted by atomic mass is 16.5. The van der Waals surface area contributed by atoms with Crippen LogP contribution in [-0.4, -0.2) is 89.3 Å². The molecule has 5 rings (SSSR count). The van der Waals surface area contributed by atoms with E-state index >= 15 is 0 Å². The summed E-state index contributed by atoms with van der Waals surface area (Å²) >= 11 is 0. The van der Waals surface area contributed by atoms with Gasteiger partial charge in [0.05, 0.1) is 38.4 Å². The van der Waals surface area contributed by atoms with E-state index in [4.69, 9.17) is 14.2 Å².